The molecule has 1 aromatic carbocycles. The van der Waals surface area contributed by atoms with Crippen LogP contribution < -0.4 is 0 Å². The summed E-state index contributed by atoms with van der Waals surface area (Å²) in [5.74, 6) is 0.699. The summed E-state index contributed by atoms with van der Waals surface area (Å²) in [6, 6.07) is 7.21. The molecule has 1 fully saturated rings. The Kier molecular flexibility index (Phi) is 5.51. The molecule has 1 aromatic rings. The Morgan fingerprint density at radius 1 is 0.966 bits per heavy atom. The van der Waals surface area contributed by atoms with Gasteiger partial charge in [0.15, 0.2) is 8.32 Å². The number of aliphatic hydroxyl groups is 1. The number of hydrogen-bond donors (Lipinski definition) is 1. The molecule has 164 valence electrons. The minimum atomic E-state index is -1.78. The largest absolute Gasteiger partial charge is 0.417 e. The standard InChI is InChI=1S/C26H44O2Si/c1-23(2,3)29(9,10)28-17-22-21(16-27)26(22,8)18-11-12-19-20(15-18)25(6,7)14-13-24(19,4)5/h11-12,15,21-22,27H,13-14,16-17H2,1-10H3/t21?,22?,26-/m0/s1. The van der Waals surface area contributed by atoms with Crippen LogP contribution in [-0.4, -0.2) is 26.6 Å². The lowest BCUT2D eigenvalue weighted by Crippen LogP contribution is -2.41. The van der Waals surface area contributed by atoms with E-state index in [0.29, 0.717) is 11.8 Å². The molecule has 0 saturated heterocycles. The van der Waals surface area contributed by atoms with Gasteiger partial charge in [0.05, 0.1) is 0 Å². The van der Waals surface area contributed by atoms with E-state index in [-0.39, 0.29) is 27.9 Å². The molecule has 0 aliphatic heterocycles. The van der Waals surface area contributed by atoms with Gasteiger partial charge in [0.1, 0.15) is 0 Å². The second-order valence-electron chi connectivity index (χ2n) is 12.8. The number of hydrogen-bond acceptors (Lipinski definition) is 2. The zero-order valence-corrected chi connectivity index (χ0v) is 21.6. The second-order valence-corrected chi connectivity index (χ2v) is 17.6. The lowest BCUT2D eigenvalue weighted by Gasteiger charge is -2.42. The van der Waals surface area contributed by atoms with Gasteiger partial charge in [-0.3, -0.25) is 0 Å². The Bertz CT molecular complexity index is 771. The van der Waals surface area contributed by atoms with Gasteiger partial charge in [0.2, 0.25) is 0 Å². The quantitative estimate of drug-likeness (QED) is 0.551. The van der Waals surface area contributed by atoms with Crippen LogP contribution in [0.4, 0.5) is 0 Å². The van der Waals surface area contributed by atoms with E-state index < -0.39 is 8.32 Å². The molecule has 2 aliphatic rings. The first-order chi connectivity index (χ1) is 13.1. The van der Waals surface area contributed by atoms with Crippen LogP contribution >= 0.6 is 0 Å². The van der Waals surface area contributed by atoms with Crippen molar-refractivity contribution >= 4 is 8.32 Å². The third-order valence-electron chi connectivity index (χ3n) is 9.02. The average Bonchev–Trinajstić information content (AvgIpc) is 3.20. The van der Waals surface area contributed by atoms with E-state index in [1.807, 2.05) is 0 Å². The SMILES string of the molecule is CC1(C)CCC(C)(C)c2cc([C@@]3(C)C(CO)C3CO[Si](C)(C)C(C)(C)C)ccc21. The predicted octanol–water partition coefficient (Wildman–Crippen LogP) is 6.55. The third-order valence-corrected chi connectivity index (χ3v) is 13.5. The monoisotopic (exact) mass is 416 g/mol. The molecule has 2 unspecified atom stereocenters. The van der Waals surface area contributed by atoms with Crippen molar-refractivity contribution in [2.45, 2.75) is 103 Å². The fourth-order valence-electron chi connectivity index (χ4n) is 5.17. The summed E-state index contributed by atoms with van der Waals surface area (Å²) >= 11 is 0. The number of rotatable bonds is 5. The molecule has 0 heterocycles. The van der Waals surface area contributed by atoms with Gasteiger partial charge in [-0.15, -0.1) is 0 Å². The Labute approximate surface area is 180 Å². The van der Waals surface area contributed by atoms with Crippen molar-refractivity contribution in [3.05, 3.63) is 34.9 Å². The zero-order valence-electron chi connectivity index (χ0n) is 20.6. The van der Waals surface area contributed by atoms with E-state index in [1.165, 1.54) is 29.5 Å². The summed E-state index contributed by atoms with van der Waals surface area (Å²) in [7, 11) is -1.78. The highest BCUT2D eigenvalue weighted by molar-refractivity contribution is 6.74. The molecule has 0 spiro atoms. The Balaban J connectivity index is 1.90. The summed E-state index contributed by atoms with van der Waals surface area (Å²) in [4.78, 5) is 0. The van der Waals surface area contributed by atoms with Crippen LogP contribution in [0.15, 0.2) is 18.2 Å². The molecule has 1 N–H and O–H groups in total. The van der Waals surface area contributed by atoms with Crippen molar-refractivity contribution in [2.24, 2.45) is 11.8 Å². The average molecular weight is 417 g/mol. The lowest BCUT2D eigenvalue weighted by atomic mass is 9.62. The molecule has 3 atom stereocenters. The molecule has 2 nitrogen and oxygen atoms in total. The molecular formula is C26H44O2Si. The highest BCUT2D eigenvalue weighted by atomic mass is 28.4. The molecular weight excluding hydrogens is 372 g/mol. The summed E-state index contributed by atoms with van der Waals surface area (Å²) in [5.41, 5.74) is 4.90. The number of aliphatic hydroxyl groups excluding tert-OH is 1. The van der Waals surface area contributed by atoms with Gasteiger partial charge >= 0.3 is 0 Å². The normalized spacial score (nSPS) is 30.7. The van der Waals surface area contributed by atoms with Crippen LogP contribution in [0.25, 0.3) is 0 Å². The van der Waals surface area contributed by atoms with E-state index in [9.17, 15) is 5.11 Å². The molecule has 0 amide bonds. The Morgan fingerprint density at radius 3 is 2.03 bits per heavy atom. The van der Waals surface area contributed by atoms with Crippen LogP contribution in [0.3, 0.4) is 0 Å². The van der Waals surface area contributed by atoms with Crippen LogP contribution in [-0.2, 0) is 20.7 Å². The first kappa shape index (κ1) is 23.0. The second kappa shape index (κ2) is 6.93. The Hall–Kier alpha value is -0.643. The summed E-state index contributed by atoms with van der Waals surface area (Å²) in [6.07, 6.45) is 2.47. The highest BCUT2D eigenvalue weighted by Crippen LogP contribution is 2.61. The first-order valence-electron chi connectivity index (χ1n) is 11.5. The van der Waals surface area contributed by atoms with E-state index in [0.717, 1.165) is 6.61 Å². The van der Waals surface area contributed by atoms with Crippen molar-refractivity contribution in [2.75, 3.05) is 13.2 Å². The van der Waals surface area contributed by atoms with E-state index in [2.05, 4.69) is 86.7 Å². The topological polar surface area (TPSA) is 29.5 Å². The van der Waals surface area contributed by atoms with Crippen molar-refractivity contribution < 1.29 is 9.53 Å². The Morgan fingerprint density at radius 2 is 1.52 bits per heavy atom. The molecule has 3 heteroatoms. The van der Waals surface area contributed by atoms with Crippen LogP contribution in [0.5, 0.6) is 0 Å². The fraction of sp³-hybridized carbons (Fsp3) is 0.769. The summed E-state index contributed by atoms with van der Waals surface area (Å²) in [6.45, 7) is 24.4. The van der Waals surface area contributed by atoms with Gasteiger partial charge in [-0.25, -0.2) is 0 Å². The zero-order chi connectivity index (χ0) is 22.0. The first-order valence-corrected chi connectivity index (χ1v) is 14.4. The van der Waals surface area contributed by atoms with Crippen molar-refractivity contribution in [3.63, 3.8) is 0 Å². The molecule has 2 aliphatic carbocycles. The van der Waals surface area contributed by atoms with Gasteiger partial charge in [-0.05, 0) is 70.3 Å². The predicted molar refractivity (Wildman–Crippen MR) is 126 cm³/mol. The van der Waals surface area contributed by atoms with Gasteiger partial charge in [-0.1, -0.05) is 73.6 Å². The minimum Gasteiger partial charge on any atom is -0.417 e. The van der Waals surface area contributed by atoms with E-state index >= 15 is 0 Å². The maximum atomic E-state index is 10.1. The third kappa shape index (κ3) is 3.76. The van der Waals surface area contributed by atoms with Crippen LogP contribution in [0.2, 0.25) is 18.1 Å². The van der Waals surface area contributed by atoms with E-state index in [4.69, 9.17) is 4.43 Å². The van der Waals surface area contributed by atoms with Gasteiger partial charge in [-0.2, -0.15) is 0 Å². The molecule has 0 aromatic heterocycles. The van der Waals surface area contributed by atoms with Gasteiger partial charge in [0.25, 0.3) is 0 Å². The van der Waals surface area contributed by atoms with Crippen LogP contribution in [0, 0.1) is 11.8 Å². The molecule has 3 rings (SSSR count). The maximum absolute atomic E-state index is 10.1. The lowest BCUT2D eigenvalue weighted by molar-refractivity contribution is 0.232. The highest BCUT2D eigenvalue weighted by Gasteiger charge is 2.62. The smallest absolute Gasteiger partial charge is 0.191 e. The number of fused-ring (bicyclic) bond motifs is 1. The molecule has 0 bridgehead atoms. The number of benzene rings is 1. The van der Waals surface area contributed by atoms with Crippen molar-refractivity contribution in [3.8, 4) is 0 Å². The minimum absolute atomic E-state index is 0.0177. The van der Waals surface area contributed by atoms with Crippen molar-refractivity contribution in [1.82, 2.24) is 0 Å². The van der Waals surface area contributed by atoms with Crippen LogP contribution in [0.1, 0.15) is 84.9 Å². The molecule has 29 heavy (non-hydrogen) atoms. The maximum Gasteiger partial charge on any atom is 0.191 e. The molecule has 1 saturated carbocycles. The van der Waals surface area contributed by atoms with Crippen molar-refractivity contribution in [1.29, 1.82) is 0 Å². The van der Waals surface area contributed by atoms with Gasteiger partial charge < -0.3 is 9.53 Å². The van der Waals surface area contributed by atoms with E-state index in [1.54, 1.807) is 0 Å². The summed E-state index contributed by atoms with van der Waals surface area (Å²) in [5, 5.41) is 10.4. The molecule has 0 radical (unpaired) electrons. The van der Waals surface area contributed by atoms with Gasteiger partial charge in [0, 0.05) is 18.6 Å². The fourth-order valence-corrected chi connectivity index (χ4v) is 6.20. The summed E-state index contributed by atoms with van der Waals surface area (Å²) < 4.78 is 6.58.